The van der Waals surface area contributed by atoms with Gasteiger partial charge in [0.1, 0.15) is 0 Å². The minimum Gasteiger partial charge on any atom is -0.481 e. The first-order valence-electron chi connectivity index (χ1n) is 7.32. The molecule has 1 fully saturated rings. The van der Waals surface area contributed by atoms with Crippen molar-refractivity contribution in [2.24, 2.45) is 0 Å². The van der Waals surface area contributed by atoms with Gasteiger partial charge in [0, 0.05) is 37.9 Å². The van der Waals surface area contributed by atoms with Gasteiger partial charge >= 0.3 is 12.0 Å². The summed E-state index contributed by atoms with van der Waals surface area (Å²) in [4.78, 5) is 28.7. The van der Waals surface area contributed by atoms with Crippen LogP contribution in [0.1, 0.15) is 37.7 Å². The third kappa shape index (κ3) is 4.73. The first-order chi connectivity index (χ1) is 10.2. The highest BCUT2D eigenvalue weighted by Crippen LogP contribution is 2.21. The predicted octanol–water partition coefficient (Wildman–Crippen LogP) is 2.01. The van der Waals surface area contributed by atoms with Crippen LogP contribution in [0.5, 0.6) is 0 Å². The van der Waals surface area contributed by atoms with E-state index in [9.17, 15) is 9.59 Å². The zero-order valence-electron chi connectivity index (χ0n) is 12.0. The molecule has 1 aromatic rings. The smallest absolute Gasteiger partial charge is 0.317 e. The third-order valence-corrected chi connectivity index (χ3v) is 3.77. The van der Waals surface area contributed by atoms with Gasteiger partial charge in [0.2, 0.25) is 0 Å². The van der Waals surface area contributed by atoms with E-state index in [1.165, 1.54) is 0 Å². The maximum atomic E-state index is 12.3. The molecule has 1 aromatic heterocycles. The molecule has 2 amide bonds. The number of carbonyl (C=O) groups is 2. The predicted molar refractivity (Wildman–Crippen MR) is 77.7 cm³/mol. The minimum absolute atomic E-state index is 0.0345. The molecule has 1 atom stereocenters. The summed E-state index contributed by atoms with van der Waals surface area (Å²) in [7, 11) is 0. The van der Waals surface area contributed by atoms with E-state index in [1.807, 2.05) is 12.1 Å². The summed E-state index contributed by atoms with van der Waals surface area (Å²) in [6.07, 6.45) is 6.94. The van der Waals surface area contributed by atoms with E-state index in [1.54, 1.807) is 17.3 Å². The number of amides is 2. The van der Waals surface area contributed by atoms with Gasteiger partial charge in [-0.15, -0.1) is 0 Å². The van der Waals surface area contributed by atoms with Crippen LogP contribution in [0.25, 0.3) is 0 Å². The number of piperidine rings is 1. The first kappa shape index (κ1) is 15.3. The molecule has 1 aliphatic rings. The van der Waals surface area contributed by atoms with Crippen LogP contribution in [0.15, 0.2) is 24.5 Å². The van der Waals surface area contributed by atoms with Gasteiger partial charge in [-0.05, 0) is 43.4 Å². The Morgan fingerprint density at radius 3 is 2.81 bits per heavy atom. The summed E-state index contributed by atoms with van der Waals surface area (Å²) in [5, 5.41) is 11.7. The van der Waals surface area contributed by atoms with E-state index in [-0.39, 0.29) is 18.5 Å². The lowest BCUT2D eigenvalue weighted by Crippen LogP contribution is -2.48. The number of hydrogen-bond donors (Lipinski definition) is 2. The number of likely N-dealkylation sites (tertiary alicyclic amines) is 1. The van der Waals surface area contributed by atoms with Crippen molar-refractivity contribution in [3.05, 3.63) is 30.1 Å². The summed E-state index contributed by atoms with van der Waals surface area (Å²) in [5.74, 6) is -0.808. The fraction of sp³-hybridized carbons (Fsp3) is 0.533. The van der Waals surface area contributed by atoms with Crippen LogP contribution in [0, 0.1) is 0 Å². The molecule has 0 aliphatic carbocycles. The van der Waals surface area contributed by atoms with E-state index < -0.39 is 5.97 Å². The average molecular weight is 291 g/mol. The lowest BCUT2D eigenvalue weighted by molar-refractivity contribution is -0.137. The number of rotatable bonds is 5. The van der Waals surface area contributed by atoms with Crippen LogP contribution in [0.2, 0.25) is 0 Å². The number of carboxylic acids is 1. The Bertz CT molecular complexity index is 478. The molecule has 0 saturated carbocycles. The molecule has 1 unspecified atom stereocenters. The van der Waals surface area contributed by atoms with Crippen molar-refractivity contribution in [3.63, 3.8) is 0 Å². The van der Waals surface area contributed by atoms with Crippen molar-refractivity contribution in [3.8, 4) is 0 Å². The number of urea groups is 1. The van der Waals surface area contributed by atoms with Crippen LogP contribution in [0.4, 0.5) is 4.79 Å². The Kier molecular flexibility index (Phi) is 5.54. The average Bonchev–Trinajstić information content (AvgIpc) is 2.52. The van der Waals surface area contributed by atoms with Crippen molar-refractivity contribution in [1.29, 1.82) is 0 Å². The molecule has 0 bridgehead atoms. The van der Waals surface area contributed by atoms with E-state index in [4.69, 9.17) is 5.11 Å². The number of aromatic nitrogens is 1. The highest BCUT2D eigenvalue weighted by atomic mass is 16.4. The minimum atomic E-state index is -0.808. The summed E-state index contributed by atoms with van der Waals surface area (Å²) < 4.78 is 0. The maximum absolute atomic E-state index is 12.3. The molecule has 6 heteroatoms. The third-order valence-electron chi connectivity index (χ3n) is 3.77. The molecule has 2 rings (SSSR count). The zero-order chi connectivity index (χ0) is 15.1. The van der Waals surface area contributed by atoms with E-state index in [0.717, 1.165) is 24.8 Å². The second kappa shape index (κ2) is 7.61. The molecule has 6 nitrogen and oxygen atoms in total. The zero-order valence-corrected chi connectivity index (χ0v) is 12.0. The Morgan fingerprint density at radius 2 is 2.10 bits per heavy atom. The Hall–Kier alpha value is -2.11. The van der Waals surface area contributed by atoms with Crippen LogP contribution in [0.3, 0.4) is 0 Å². The summed E-state index contributed by atoms with van der Waals surface area (Å²) in [6.45, 7) is 1.16. The number of hydrogen-bond acceptors (Lipinski definition) is 3. The van der Waals surface area contributed by atoms with Crippen molar-refractivity contribution in [2.45, 2.75) is 44.7 Å². The Morgan fingerprint density at radius 1 is 1.33 bits per heavy atom. The number of aliphatic carboxylic acids is 1. The van der Waals surface area contributed by atoms with Crippen molar-refractivity contribution in [1.82, 2.24) is 15.2 Å². The largest absolute Gasteiger partial charge is 0.481 e. The van der Waals surface area contributed by atoms with Crippen molar-refractivity contribution < 1.29 is 14.7 Å². The van der Waals surface area contributed by atoms with Gasteiger partial charge in [-0.2, -0.15) is 0 Å². The Balaban J connectivity index is 1.87. The van der Waals surface area contributed by atoms with Gasteiger partial charge in [-0.3, -0.25) is 9.78 Å². The molecule has 0 radical (unpaired) electrons. The fourth-order valence-electron chi connectivity index (χ4n) is 2.64. The highest BCUT2D eigenvalue weighted by Gasteiger charge is 2.26. The molecule has 114 valence electrons. The lowest BCUT2D eigenvalue weighted by atomic mass is 9.98. The second-order valence-electron chi connectivity index (χ2n) is 5.29. The molecule has 2 N–H and O–H groups in total. The van der Waals surface area contributed by atoms with E-state index in [0.29, 0.717) is 19.5 Å². The molecular weight excluding hydrogens is 270 g/mol. The molecular formula is C15H21N3O3. The van der Waals surface area contributed by atoms with Gasteiger partial charge in [-0.1, -0.05) is 0 Å². The van der Waals surface area contributed by atoms with E-state index in [2.05, 4.69) is 10.3 Å². The van der Waals surface area contributed by atoms with Gasteiger partial charge in [0.25, 0.3) is 0 Å². The quantitative estimate of drug-likeness (QED) is 0.869. The number of carbonyl (C=O) groups excluding carboxylic acids is 1. The topological polar surface area (TPSA) is 82.5 Å². The summed E-state index contributed by atoms with van der Waals surface area (Å²) in [6, 6.07) is 3.64. The van der Waals surface area contributed by atoms with Gasteiger partial charge < -0.3 is 15.3 Å². The molecule has 21 heavy (non-hydrogen) atoms. The standard InChI is InChI=1S/C15H21N3O3/c19-14(20)5-4-13-3-1-2-10-18(13)15(21)17-11-12-6-8-16-9-7-12/h6-9,13H,1-5,10-11H2,(H,17,21)(H,19,20). The number of nitrogens with one attached hydrogen (secondary N) is 1. The normalized spacial score (nSPS) is 18.3. The van der Waals surface area contributed by atoms with Crippen LogP contribution in [-0.2, 0) is 11.3 Å². The van der Waals surface area contributed by atoms with Crippen molar-refractivity contribution in [2.75, 3.05) is 6.54 Å². The number of carboxylic acid groups (broad SMARTS) is 1. The fourth-order valence-corrected chi connectivity index (χ4v) is 2.64. The van der Waals surface area contributed by atoms with Crippen molar-refractivity contribution >= 4 is 12.0 Å². The summed E-state index contributed by atoms with van der Waals surface area (Å²) in [5.41, 5.74) is 0.998. The van der Waals surface area contributed by atoms with Gasteiger partial charge in [0.05, 0.1) is 0 Å². The molecule has 0 aromatic carbocycles. The van der Waals surface area contributed by atoms with Gasteiger partial charge in [0.15, 0.2) is 0 Å². The Labute approximate surface area is 124 Å². The monoisotopic (exact) mass is 291 g/mol. The SMILES string of the molecule is O=C(O)CCC1CCCCN1C(=O)NCc1ccncc1. The number of pyridine rings is 1. The summed E-state index contributed by atoms with van der Waals surface area (Å²) >= 11 is 0. The lowest BCUT2D eigenvalue weighted by Gasteiger charge is -2.35. The molecule has 2 heterocycles. The number of nitrogens with zero attached hydrogens (tertiary/aromatic N) is 2. The first-order valence-corrected chi connectivity index (χ1v) is 7.32. The molecule has 0 spiro atoms. The second-order valence-corrected chi connectivity index (χ2v) is 5.29. The van der Waals surface area contributed by atoms with Crippen LogP contribution in [-0.4, -0.2) is 39.6 Å². The van der Waals surface area contributed by atoms with E-state index >= 15 is 0 Å². The van der Waals surface area contributed by atoms with Gasteiger partial charge in [-0.25, -0.2) is 4.79 Å². The highest BCUT2D eigenvalue weighted by molar-refractivity contribution is 5.74. The molecule has 1 saturated heterocycles. The maximum Gasteiger partial charge on any atom is 0.317 e. The van der Waals surface area contributed by atoms with Crippen LogP contribution >= 0.6 is 0 Å². The molecule has 1 aliphatic heterocycles. The van der Waals surface area contributed by atoms with Crippen LogP contribution < -0.4 is 5.32 Å².